The molecule has 0 saturated carbocycles. The number of hydrogen-bond donors (Lipinski definition) is 0. The van der Waals surface area contributed by atoms with Crippen LogP contribution in [0.5, 0.6) is 0 Å². The van der Waals surface area contributed by atoms with Gasteiger partial charge >= 0.3 is 0 Å². The minimum absolute atomic E-state index is 0.638. The summed E-state index contributed by atoms with van der Waals surface area (Å²) < 4.78 is 4.83. The Morgan fingerprint density at radius 3 is 1.43 bits per heavy atom. The zero-order valence-corrected chi connectivity index (χ0v) is 29.1. The highest BCUT2D eigenvalue weighted by molar-refractivity contribution is 6.23. The van der Waals surface area contributed by atoms with Gasteiger partial charge in [0.1, 0.15) is 0 Å². The van der Waals surface area contributed by atoms with Crippen LogP contribution in [0.1, 0.15) is 0 Å². The molecule has 11 aromatic rings. The maximum Gasteiger partial charge on any atom is 0.164 e. The van der Waals surface area contributed by atoms with Crippen molar-refractivity contribution in [3.05, 3.63) is 188 Å². The fraction of sp³-hybridized carbons (Fsp3) is 0. The molecule has 5 heteroatoms. The van der Waals surface area contributed by atoms with Crippen LogP contribution in [0.15, 0.2) is 188 Å². The van der Waals surface area contributed by atoms with Crippen molar-refractivity contribution in [2.45, 2.75) is 0 Å². The number of aromatic nitrogens is 5. The summed E-state index contributed by atoms with van der Waals surface area (Å²) in [6.45, 7) is 0. The van der Waals surface area contributed by atoms with Gasteiger partial charge in [-0.25, -0.2) is 15.0 Å². The first kappa shape index (κ1) is 30.3. The molecule has 0 aliphatic rings. The van der Waals surface area contributed by atoms with Crippen LogP contribution in [0.25, 0.3) is 99.9 Å². The Balaban J connectivity index is 1.12. The fourth-order valence-electron chi connectivity index (χ4n) is 8.06. The highest BCUT2D eigenvalue weighted by Gasteiger charge is 2.20. The number of rotatable bonds is 5. The molecule has 0 aliphatic heterocycles. The molecule has 11 rings (SSSR count). The molecule has 0 aliphatic carbocycles. The van der Waals surface area contributed by atoms with Gasteiger partial charge in [-0.3, -0.25) is 0 Å². The van der Waals surface area contributed by atoms with E-state index in [0.29, 0.717) is 17.5 Å². The number of nitrogens with zero attached hydrogens (tertiary/aromatic N) is 5. The largest absolute Gasteiger partial charge is 0.309 e. The molecule has 5 nitrogen and oxygen atoms in total. The normalized spacial score (nSPS) is 11.7. The highest BCUT2D eigenvalue weighted by Crippen LogP contribution is 2.41. The van der Waals surface area contributed by atoms with E-state index in [9.17, 15) is 0 Å². The lowest BCUT2D eigenvalue weighted by molar-refractivity contribution is 1.07. The third-order valence-corrected chi connectivity index (χ3v) is 10.5. The van der Waals surface area contributed by atoms with Crippen LogP contribution in [0.2, 0.25) is 0 Å². The van der Waals surface area contributed by atoms with E-state index in [1.165, 1.54) is 43.4 Å². The van der Waals surface area contributed by atoms with Crippen molar-refractivity contribution in [1.82, 2.24) is 24.1 Å². The van der Waals surface area contributed by atoms with Crippen LogP contribution in [0.3, 0.4) is 0 Å². The molecule has 54 heavy (non-hydrogen) atoms. The SMILES string of the molecule is c1ccc(-c2nc(-c3ccccc3)nc(-c3ccc(-n4c5ccccc5c5cc6c(cc54)c4ccc5ccccc5c4n6-c4ccccc4)cc3)n2)cc1. The van der Waals surface area contributed by atoms with Crippen molar-refractivity contribution >= 4 is 54.4 Å². The summed E-state index contributed by atoms with van der Waals surface area (Å²) in [7, 11) is 0. The van der Waals surface area contributed by atoms with Crippen molar-refractivity contribution in [1.29, 1.82) is 0 Å². The predicted octanol–water partition coefficient (Wildman–Crippen LogP) is 12.2. The summed E-state index contributed by atoms with van der Waals surface area (Å²) in [5.74, 6) is 1.94. The van der Waals surface area contributed by atoms with Crippen molar-refractivity contribution in [2.24, 2.45) is 0 Å². The van der Waals surface area contributed by atoms with Gasteiger partial charge in [-0.05, 0) is 60.0 Å². The van der Waals surface area contributed by atoms with Gasteiger partial charge in [0, 0.05) is 55.0 Å². The third-order valence-electron chi connectivity index (χ3n) is 10.5. The van der Waals surface area contributed by atoms with Crippen LogP contribution in [-0.2, 0) is 0 Å². The summed E-state index contributed by atoms with van der Waals surface area (Å²) in [4.78, 5) is 14.8. The molecule has 3 heterocycles. The van der Waals surface area contributed by atoms with Crippen LogP contribution >= 0.6 is 0 Å². The number of fused-ring (bicyclic) bond motifs is 8. The molecule has 0 unspecified atom stereocenters. The van der Waals surface area contributed by atoms with Gasteiger partial charge in [-0.1, -0.05) is 133 Å². The Bertz CT molecular complexity index is 3120. The first-order valence-corrected chi connectivity index (χ1v) is 18.2. The second-order valence-electron chi connectivity index (χ2n) is 13.7. The summed E-state index contributed by atoms with van der Waals surface area (Å²) in [6.07, 6.45) is 0. The smallest absolute Gasteiger partial charge is 0.164 e. The van der Waals surface area contributed by atoms with Crippen LogP contribution in [0.4, 0.5) is 0 Å². The van der Waals surface area contributed by atoms with E-state index in [2.05, 4.69) is 137 Å². The van der Waals surface area contributed by atoms with E-state index >= 15 is 0 Å². The van der Waals surface area contributed by atoms with E-state index < -0.39 is 0 Å². The molecule has 0 atom stereocenters. The third kappa shape index (κ3) is 4.76. The Labute approximate surface area is 311 Å². The maximum absolute atomic E-state index is 4.97. The topological polar surface area (TPSA) is 48.5 Å². The first-order chi connectivity index (χ1) is 26.8. The monoisotopic (exact) mass is 689 g/mol. The molecule has 0 saturated heterocycles. The number of para-hydroxylation sites is 2. The van der Waals surface area contributed by atoms with Crippen molar-refractivity contribution in [3.63, 3.8) is 0 Å². The fourth-order valence-corrected chi connectivity index (χ4v) is 8.06. The zero-order valence-electron chi connectivity index (χ0n) is 29.1. The molecule has 3 aromatic heterocycles. The lowest BCUT2D eigenvalue weighted by Gasteiger charge is -2.11. The lowest BCUT2D eigenvalue weighted by Crippen LogP contribution is -2.00. The van der Waals surface area contributed by atoms with Crippen molar-refractivity contribution < 1.29 is 0 Å². The maximum atomic E-state index is 4.97. The Morgan fingerprint density at radius 1 is 0.296 bits per heavy atom. The van der Waals surface area contributed by atoms with Crippen LogP contribution in [-0.4, -0.2) is 24.1 Å². The minimum atomic E-state index is 0.638. The van der Waals surface area contributed by atoms with Gasteiger partial charge in [-0.15, -0.1) is 0 Å². The molecule has 8 aromatic carbocycles. The van der Waals surface area contributed by atoms with E-state index in [1.807, 2.05) is 60.7 Å². The minimum Gasteiger partial charge on any atom is -0.309 e. The average molecular weight is 690 g/mol. The number of hydrogen-bond acceptors (Lipinski definition) is 3. The Hall–Kier alpha value is -7.37. The van der Waals surface area contributed by atoms with E-state index in [0.717, 1.165) is 39.1 Å². The van der Waals surface area contributed by atoms with E-state index in [4.69, 9.17) is 15.0 Å². The predicted molar refractivity (Wildman–Crippen MR) is 222 cm³/mol. The second kappa shape index (κ2) is 12.1. The van der Waals surface area contributed by atoms with Gasteiger partial charge in [0.2, 0.25) is 0 Å². The molecule has 0 amide bonds. The molecule has 0 radical (unpaired) electrons. The van der Waals surface area contributed by atoms with Gasteiger partial charge in [0.15, 0.2) is 17.5 Å². The molecule has 252 valence electrons. The van der Waals surface area contributed by atoms with Crippen molar-refractivity contribution in [2.75, 3.05) is 0 Å². The Kier molecular flexibility index (Phi) is 6.79. The van der Waals surface area contributed by atoms with Gasteiger partial charge in [0.05, 0.1) is 22.1 Å². The summed E-state index contributed by atoms with van der Waals surface area (Å²) in [5.41, 5.74) is 9.79. The van der Waals surface area contributed by atoms with Crippen LogP contribution in [0, 0.1) is 0 Å². The average Bonchev–Trinajstić information content (AvgIpc) is 3.76. The molecule has 0 N–H and O–H groups in total. The highest BCUT2D eigenvalue weighted by atomic mass is 15.0. The summed E-state index contributed by atoms with van der Waals surface area (Å²) >= 11 is 0. The van der Waals surface area contributed by atoms with Gasteiger partial charge in [0.25, 0.3) is 0 Å². The molecular weight excluding hydrogens is 659 g/mol. The molecule has 0 bridgehead atoms. The lowest BCUT2D eigenvalue weighted by atomic mass is 10.0. The molecule has 0 fully saturated rings. The number of benzene rings is 8. The summed E-state index contributed by atoms with van der Waals surface area (Å²) in [5, 5.41) is 7.36. The van der Waals surface area contributed by atoms with E-state index in [-0.39, 0.29) is 0 Å². The van der Waals surface area contributed by atoms with E-state index in [1.54, 1.807) is 0 Å². The Morgan fingerprint density at radius 2 is 0.778 bits per heavy atom. The van der Waals surface area contributed by atoms with Gasteiger partial charge < -0.3 is 9.13 Å². The first-order valence-electron chi connectivity index (χ1n) is 18.2. The van der Waals surface area contributed by atoms with Crippen molar-refractivity contribution in [3.8, 4) is 45.5 Å². The summed E-state index contributed by atoms with van der Waals surface area (Å²) in [6, 6.07) is 66.3. The zero-order chi connectivity index (χ0) is 35.6. The second-order valence-corrected chi connectivity index (χ2v) is 13.7. The molecular formula is C49H31N5. The molecule has 0 spiro atoms. The standard InChI is InChI=1S/C49H31N5/c1-4-15-33(16-5-1)47-50-48(34-17-6-2-7-18-34)52-49(51-47)35-24-27-37(28-25-35)53-43-23-13-12-22-39(43)41-30-45-42(31-44(41)53)40-29-26-32-14-10-11-21-38(32)46(40)54(45)36-19-8-3-9-20-36/h1-31H. The quantitative estimate of drug-likeness (QED) is 0.181. The van der Waals surface area contributed by atoms with Crippen LogP contribution < -0.4 is 0 Å². The van der Waals surface area contributed by atoms with Gasteiger partial charge in [-0.2, -0.15) is 0 Å².